The van der Waals surface area contributed by atoms with E-state index in [1.165, 1.54) is 0 Å². The van der Waals surface area contributed by atoms with Gasteiger partial charge in [-0.15, -0.1) is 0 Å². The van der Waals surface area contributed by atoms with Crippen molar-refractivity contribution in [1.29, 1.82) is 0 Å². The number of nitrogens with one attached hydrogen (secondary N) is 2. The third kappa shape index (κ3) is 3.06. The number of carbonyl (C=O) groups is 1. The SMILES string of the molecule is O=C(Nc1ccc(C2=NCCN2)cc1)c1ccccc1Cl. The van der Waals surface area contributed by atoms with Crippen LogP contribution in [0.5, 0.6) is 0 Å². The fourth-order valence-corrected chi connectivity index (χ4v) is 2.37. The number of halogens is 1. The molecule has 0 saturated carbocycles. The first-order valence-electron chi connectivity index (χ1n) is 6.69. The van der Waals surface area contributed by atoms with Crippen LogP contribution in [0.4, 0.5) is 5.69 Å². The van der Waals surface area contributed by atoms with Gasteiger partial charge in [-0.05, 0) is 36.4 Å². The Morgan fingerprint density at radius 2 is 1.90 bits per heavy atom. The van der Waals surface area contributed by atoms with E-state index in [-0.39, 0.29) is 5.91 Å². The first-order chi connectivity index (χ1) is 10.2. The molecule has 21 heavy (non-hydrogen) atoms. The summed E-state index contributed by atoms with van der Waals surface area (Å²) in [5.41, 5.74) is 2.20. The number of nitrogens with zero attached hydrogens (tertiary/aromatic N) is 1. The minimum atomic E-state index is -0.218. The predicted molar refractivity (Wildman–Crippen MR) is 85.3 cm³/mol. The molecule has 1 aliphatic heterocycles. The van der Waals surface area contributed by atoms with Crippen LogP contribution in [-0.2, 0) is 0 Å². The van der Waals surface area contributed by atoms with Crippen molar-refractivity contribution >= 4 is 29.0 Å². The third-order valence-corrected chi connectivity index (χ3v) is 3.54. The summed E-state index contributed by atoms with van der Waals surface area (Å²) in [6, 6.07) is 14.5. The highest BCUT2D eigenvalue weighted by Crippen LogP contribution is 2.17. The minimum Gasteiger partial charge on any atom is -0.368 e. The number of benzene rings is 2. The Hall–Kier alpha value is -2.33. The number of hydrogen-bond donors (Lipinski definition) is 2. The normalized spacial score (nSPS) is 13.5. The lowest BCUT2D eigenvalue weighted by Crippen LogP contribution is -2.19. The molecule has 2 N–H and O–H groups in total. The van der Waals surface area contributed by atoms with Crippen molar-refractivity contribution in [2.75, 3.05) is 18.4 Å². The van der Waals surface area contributed by atoms with Crippen LogP contribution < -0.4 is 10.6 Å². The van der Waals surface area contributed by atoms with Crippen LogP contribution in [0.1, 0.15) is 15.9 Å². The third-order valence-electron chi connectivity index (χ3n) is 3.21. The molecule has 5 heteroatoms. The average molecular weight is 300 g/mol. The smallest absolute Gasteiger partial charge is 0.257 e. The Kier molecular flexibility index (Phi) is 3.88. The van der Waals surface area contributed by atoms with Gasteiger partial charge in [-0.3, -0.25) is 9.79 Å². The largest absolute Gasteiger partial charge is 0.368 e. The van der Waals surface area contributed by atoms with Gasteiger partial charge < -0.3 is 10.6 Å². The van der Waals surface area contributed by atoms with Gasteiger partial charge in [0.2, 0.25) is 0 Å². The van der Waals surface area contributed by atoms with Gasteiger partial charge in [0.15, 0.2) is 0 Å². The molecule has 0 fully saturated rings. The zero-order valence-corrected chi connectivity index (χ0v) is 12.0. The molecule has 2 aromatic rings. The topological polar surface area (TPSA) is 53.5 Å². The van der Waals surface area contributed by atoms with Crippen molar-refractivity contribution in [3.05, 3.63) is 64.7 Å². The Bertz CT molecular complexity index is 695. The van der Waals surface area contributed by atoms with Crippen molar-refractivity contribution in [3.8, 4) is 0 Å². The van der Waals surface area contributed by atoms with Crippen LogP contribution in [0.2, 0.25) is 5.02 Å². The summed E-state index contributed by atoms with van der Waals surface area (Å²) >= 11 is 6.01. The van der Waals surface area contributed by atoms with Crippen molar-refractivity contribution in [2.24, 2.45) is 4.99 Å². The van der Waals surface area contributed by atoms with Crippen LogP contribution in [0.3, 0.4) is 0 Å². The number of amidine groups is 1. The zero-order valence-electron chi connectivity index (χ0n) is 11.3. The van der Waals surface area contributed by atoms with Gasteiger partial charge in [-0.1, -0.05) is 23.7 Å². The molecule has 106 valence electrons. The summed E-state index contributed by atoms with van der Waals surface area (Å²) in [6.07, 6.45) is 0. The molecule has 1 aliphatic rings. The Balaban J connectivity index is 1.73. The van der Waals surface area contributed by atoms with Crippen molar-refractivity contribution < 1.29 is 4.79 Å². The molecular weight excluding hydrogens is 286 g/mol. The maximum Gasteiger partial charge on any atom is 0.257 e. The number of amides is 1. The van der Waals surface area contributed by atoms with Crippen LogP contribution in [0, 0.1) is 0 Å². The molecule has 1 heterocycles. The van der Waals surface area contributed by atoms with E-state index in [9.17, 15) is 4.79 Å². The van der Waals surface area contributed by atoms with Crippen LogP contribution >= 0.6 is 11.6 Å². The van der Waals surface area contributed by atoms with E-state index in [4.69, 9.17) is 11.6 Å². The molecule has 0 spiro atoms. The van der Waals surface area contributed by atoms with Gasteiger partial charge in [0, 0.05) is 17.8 Å². The van der Waals surface area contributed by atoms with Gasteiger partial charge in [-0.25, -0.2) is 0 Å². The lowest BCUT2D eigenvalue weighted by molar-refractivity contribution is 0.102. The molecule has 0 saturated heterocycles. The second kappa shape index (κ2) is 5.97. The van der Waals surface area contributed by atoms with E-state index in [1.807, 2.05) is 24.3 Å². The summed E-state index contributed by atoms with van der Waals surface area (Å²) < 4.78 is 0. The fraction of sp³-hybridized carbons (Fsp3) is 0.125. The highest BCUT2D eigenvalue weighted by molar-refractivity contribution is 6.34. The van der Waals surface area contributed by atoms with Crippen LogP contribution in [-0.4, -0.2) is 24.8 Å². The van der Waals surface area contributed by atoms with Crippen molar-refractivity contribution in [1.82, 2.24) is 5.32 Å². The monoisotopic (exact) mass is 299 g/mol. The number of rotatable bonds is 3. The fourth-order valence-electron chi connectivity index (χ4n) is 2.15. The average Bonchev–Trinajstić information content (AvgIpc) is 3.02. The molecule has 0 atom stereocenters. The molecule has 0 aromatic heterocycles. The van der Waals surface area contributed by atoms with E-state index in [0.29, 0.717) is 10.6 Å². The lowest BCUT2D eigenvalue weighted by atomic mass is 10.1. The van der Waals surface area contributed by atoms with Gasteiger partial charge in [0.1, 0.15) is 5.84 Å². The molecule has 0 radical (unpaired) electrons. The number of hydrogen-bond acceptors (Lipinski definition) is 3. The first-order valence-corrected chi connectivity index (χ1v) is 7.06. The molecule has 0 bridgehead atoms. The molecule has 1 amide bonds. The van der Waals surface area contributed by atoms with E-state index >= 15 is 0 Å². The maximum atomic E-state index is 12.1. The first kappa shape index (κ1) is 13.6. The second-order valence-corrected chi connectivity index (χ2v) is 5.08. The molecule has 2 aromatic carbocycles. The standard InChI is InChI=1S/C16H14ClN3O/c17-14-4-2-1-3-13(14)16(21)20-12-7-5-11(6-8-12)15-18-9-10-19-15/h1-8H,9-10H2,(H,18,19)(H,20,21). The minimum absolute atomic E-state index is 0.218. The van der Waals surface area contributed by atoms with Crippen LogP contribution in [0.25, 0.3) is 0 Å². The molecule has 0 unspecified atom stereocenters. The number of carbonyl (C=O) groups excluding carboxylic acids is 1. The van der Waals surface area contributed by atoms with Crippen molar-refractivity contribution in [3.63, 3.8) is 0 Å². The Labute approximate surface area is 127 Å². The predicted octanol–water partition coefficient (Wildman–Crippen LogP) is 2.94. The number of aliphatic imine (C=N–C) groups is 1. The van der Waals surface area contributed by atoms with E-state index < -0.39 is 0 Å². The second-order valence-electron chi connectivity index (χ2n) is 4.67. The summed E-state index contributed by atoms with van der Waals surface area (Å²) in [7, 11) is 0. The maximum absolute atomic E-state index is 12.1. The highest BCUT2D eigenvalue weighted by Gasteiger charge is 2.11. The molecule has 3 rings (SSSR count). The summed E-state index contributed by atoms with van der Waals surface area (Å²) in [6.45, 7) is 1.68. The summed E-state index contributed by atoms with van der Waals surface area (Å²) in [5, 5.41) is 6.49. The Morgan fingerprint density at radius 1 is 1.14 bits per heavy atom. The molecular formula is C16H14ClN3O. The quantitative estimate of drug-likeness (QED) is 0.915. The number of anilines is 1. The van der Waals surface area contributed by atoms with Gasteiger partial charge in [0.25, 0.3) is 5.91 Å². The van der Waals surface area contributed by atoms with E-state index in [1.54, 1.807) is 24.3 Å². The van der Waals surface area contributed by atoms with Crippen molar-refractivity contribution in [2.45, 2.75) is 0 Å². The Morgan fingerprint density at radius 3 is 2.57 bits per heavy atom. The van der Waals surface area contributed by atoms with Crippen LogP contribution in [0.15, 0.2) is 53.5 Å². The van der Waals surface area contributed by atoms with Gasteiger partial charge >= 0.3 is 0 Å². The van der Waals surface area contributed by atoms with Gasteiger partial charge in [0.05, 0.1) is 17.1 Å². The summed E-state index contributed by atoms with van der Waals surface area (Å²) in [4.78, 5) is 16.5. The summed E-state index contributed by atoms with van der Waals surface area (Å²) in [5.74, 6) is 0.684. The molecule has 4 nitrogen and oxygen atoms in total. The van der Waals surface area contributed by atoms with Gasteiger partial charge in [-0.2, -0.15) is 0 Å². The van der Waals surface area contributed by atoms with E-state index in [0.717, 1.165) is 30.2 Å². The highest BCUT2D eigenvalue weighted by atomic mass is 35.5. The molecule has 0 aliphatic carbocycles. The van der Waals surface area contributed by atoms with E-state index in [2.05, 4.69) is 15.6 Å². The zero-order chi connectivity index (χ0) is 14.7. The lowest BCUT2D eigenvalue weighted by Gasteiger charge is -2.08.